The first kappa shape index (κ1) is 37.2. The molecule has 2 saturated heterocycles. The summed E-state index contributed by atoms with van der Waals surface area (Å²) in [5.74, 6) is -0.619. The molecule has 3 aromatic rings. The molecule has 274 valence electrons. The number of nitrogens with one attached hydrogen (secondary N) is 3. The topological polar surface area (TPSA) is 180 Å². The molecule has 5 rings (SSSR count). The number of alkyl carbamates (subject to hydrolysis) is 1. The van der Waals surface area contributed by atoms with Gasteiger partial charge in [0.2, 0.25) is 5.72 Å². The van der Waals surface area contributed by atoms with Crippen molar-refractivity contribution in [1.82, 2.24) is 35.1 Å². The number of amides is 3. The molecule has 2 aromatic heterocycles. The minimum absolute atomic E-state index is 0.0269. The summed E-state index contributed by atoms with van der Waals surface area (Å²) in [4.78, 5) is 40.2. The fourth-order valence-electron chi connectivity index (χ4n) is 6.30. The molecule has 2 fully saturated rings. The lowest BCUT2D eigenvalue weighted by atomic mass is 9.87. The highest BCUT2D eigenvalue weighted by molar-refractivity contribution is 5.89. The van der Waals surface area contributed by atoms with Gasteiger partial charge in [0.25, 0.3) is 0 Å². The van der Waals surface area contributed by atoms with Gasteiger partial charge < -0.3 is 40.6 Å². The maximum absolute atomic E-state index is 12.8. The number of hydrogen-bond acceptors (Lipinski definition) is 11. The van der Waals surface area contributed by atoms with Crippen LogP contribution >= 0.6 is 0 Å². The third-order valence-corrected chi connectivity index (χ3v) is 8.62. The van der Waals surface area contributed by atoms with Crippen LogP contribution in [-0.2, 0) is 30.1 Å². The number of benzene rings is 1. The van der Waals surface area contributed by atoms with Gasteiger partial charge in [-0.3, -0.25) is 9.47 Å². The number of nitrogens with two attached hydrogens (primary N) is 1. The molecule has 0 saturated carbocycles. The smallest absolute Gasteiger partial charge is 0.407 e. The van der Waals surface area contributed by atoms with Crippen molar-refractivity contribution < 1.29 is 28.5 Å². The summed E-state index contributed by atoms with van der Waals surface area (Å²) in [6.07, 6.45) is 3.27. The molecule has 15 heteroatoms. The summed E-state index contributed by atoms with van der Waals surface area (Å²) in [5.41, 5.74) is 7.47. The van der Waals surface area contributed by atoms with E-state index in [9.17, 15) is 9.59 Å². The normalized spacial score (nSPS) is 21.7. The maximum Gasteiger partial charge on any atom is 0.407 e. The van der Waals surface area contributed by atoms with E-state index in [1.165, 1.54) is 11.9 Å². The van der Waals surface area contributed by atoms with Gasteiger partial charge in [0.15, 0.2) is 17.3 Å². The number of ether oxygens (including phenoxy) is 4. The first-order chi connectivity index (χ1) is 23.5. The minimum Gasteiger partial charge on any atom is -0.444 e. The van der Waals surface area contributed by atoms with E-state index in [2.05, 4.69) is 56.6 Å². The lowest BCUT2D eigenvalue weighted by molar-refractivity contribution is -0.205. The molecule has 2 aliphatic rings. The Morgan fingerprint density at radius 1 is 1.02 bits per heavy atom. The molecule has 3 unspecified atom stereocenters. The number of nitrogen functional groups attached to an aromatic ring is 1. The van der Waals surface area contributed by atoms with E-state index < -0.39 is 29.3 Å². The molecule has 0 radical (unpaired) electrons. The summed E-state index contributed by atoms with van der Waals surface area (Å²) in [6, 6.07) is 7.60. The predicted molar refractivity (Wildman–Crippen MR) is 190 cm³/mol. The molecule has 2 aliphatic heterocycles. The Morgan fingerprint density at radius 2 is 1.76 bits per heavy atom. The Bertz CT molecular complexity index is 1630. The fourth-order valence-corrected chi connectivity index (χ4v) is 6.30. The van der Waals surface area contributed by atoms with Crippen LogP contribution in [-0.4, -0.2) is 99.5 Å². The van der Waals surface area contributed by atoms with E-state index in [0.29, 0.717) is 43.9 Å². The van der Waals surface area contributed by atoms with Crippen molar-refractivity contribution in [2.24, 2.45) is 0 Å². The summed E-state index contributed by atoms with van der Waals surface area (Å²) in [7, 11) is 0. The fraction of sp³-hybridized carbons (Fsp3) is 0.629. The zero-order valence-corrected chi connectivity index (χ0v) is 30.5. The van der Waals surface area contributed by atoms with E-state index in [-0.39, 0.29) is 30.0 Å². The Kier molecular flexibility index (Phi) is 10.9. The standard InChI is InChI=1S/C35H53N9O6/c1-32(2,3)23-11-13-24(14-12-23)42-30(45)37-16-18-43(17-10-9-15-38-31(46)49-33(4,5)6)19-25-27-35(20-47-25,50-34(7,8)48-27)44-22-41-26-28(36)39-21-40-29(26)44/h11-14,21-22,25,27H,9-10,15-20H2,1-8H3,(H,38,46)(H2,36,39,40)(H2,37,42,45). The highest BCUT2D eigenvalue weighted by atomic mass is 16.8. The van der Waals surface area contributed by atoms with Gasteiger partial charge >= 0.3 is 12.1 Å². The van der Waals surface area contributed by atoms with Crippen LogP contribution in [0.25, 0.3) is 11.2 Å². The highest BCUT2D eigenvalue weighted by Crippen LogP contribution is 2.47. The Hall–Kier alpha value is -4.05. The van der Waals surface area contributed by atoms with Crippen molar-refractivity contribution in [2.45, 2.75) is 103 Å². The van der Waals surface area contributed by atoms with Crippen molar-refractivity contribution >= 4 is 34.8 Å². The maximum atomic E-state index is 12.8. The van der Waals surface area contributed by atoms with Gasteiger partial charge in [-0.1, -0.05) is 32.9 Å². The first-order valence-electron chi connectivity index (χ1n) is 17.2. The van der Waals surface area contributed by atoms with Crippen molar-refractivity contribution in [3.8, 4) is 0 Å². The van der Waals surface area contributed by atoms with Crippen LogP contribution in [0.2, 0.25) is 0 Å². The van der Waals surface area contributed by atoms with E-state index in [1.807, 2.05) is 63.5 Å². The molecule has 5 N–H and O–H groups in total. The SMILES string of the molecule is CC(C)(C)OC(=O)NCCCCN(CCNC(=O)Nc1ccc(C(C)(C)C)cc1)CC1OCC2(n3cnc4c(N)ncnc43)OC(C)(C)OC12. The second-order valence-corrected chi connectivity index (χ2v) is 15.4. The molecule has 3 atom stereocenters. The number of carbonyl (C=O) groups is 2. The van der Waals surface area contributed by atoms with E-state index in [4.69, 9.17) is 24.7 Å². The molecule has 4 heterocycles. The average Bonchev–Trinajstić information content (AvgIpc) is 3.66. The lowest BCUT2D eigenvalue weighted by Gasteiger charge is -2.30. The second kappa shape index (κ2) is 14.7. The average molecular weight is 696 g/mol. The minimum atomic E-state index is -1.02. The zero-order chi connectivity index (χ0) is 36.3. The second-order valence-electron chi connectivity index (χ2n) is 15.4. The van der Waals surface area contributed by atoms with Crippen molar-refractivity contribution in [1.29, 1.82) is 0 Å². The number of fused-ring (bicyclic) bond motifs is 2. The zero-order valence-electron chi connectivity index (χ0n) is 30.5. The Morgan fingerprint density at radius 3 is 2.46 bits per heavy atom. The number of hydrogen-bond donors (Lipinski definition) is 4. The summed E-state index contributed by atoms with van der Waals surface area (Å²) in [6.45, 7) is 18.5. The van der Waals surface area contributed by atoms with Crippen LogP contribution in [0, 0.1) is 0 Å². The predicted octanol–water partition coefficient (Wildman–Crippen LogP) is 4.34. The van der Waals surface area contributed by atoms with Crippen LogP contribution in [0.15, 0.2) is 36.9 Å². The summed E-state index contributed by atoms with van der Waals surface area (Å²) < 4.78 is 26.7. The Labute approximate surface area is 294 Å². The number of nitrogens with zero attached hydrogens (tertiary/aromatic N) is 5. The molecule has 0 aliphatic carbocycles. The molecular formula is C35H53N9O6. The first-order valence-corrected chi connectivity index (χ1v) is 17.2. The Balaban J connectivity index is 1.24. The third kappa shape index (κ3) is 8.99. The molecule has 50 heavy (non-hydrogen) atoms. The van der Waals surface area contributed by atoms with Crippen molar-refractivity contribution in [3.63, 3.8) is 0 Å². The number of carbonyl (C=O) groups excluding carboxylic acids is 2. The number of unbranched alkanes of at least 4 members (excludes halogenated alkanes) is 1. The van der Waals surface area contributed by atoms with E-state index in [1.54, 1.807) is 6.33 Å². The number of rotatable bonds is 12. The largest absolute Gasteiger partial charge is 0.444 e. The van der Waals surface area contributed by atoms with Crippen LogP contribution in [0.5, 0.6) is 0 Å². The number of imidazole rings is 1. The number of aromatic nitrogens is 4. The van der Waals surface area contributed by atoms with Gasteiger partial charge in [0.1, 0.15) is 29.7 Å². The van der Waals surface area contributed by atoms with E-state index in [0.717, 1.165) is 18.5 Å². The highest BCUT2D eigenvalue weighted by Gasteiger charge is 2.63. The monoisotopic (exact) mass is 695 g/mol. The molecular weight excluding hydrogens is 642 g/mol. The van der Waals surface area contributed by atoms with Gasteiger partial charge in [0, 0.05) is 31.9 Å². The van der Waals surface area contributed by atoms with Crippen LogP contribution < -0.4 is 21.7 Å². The molecule has 0 bridgehead atoms. The molecule has 15 nitrogen and oxygen atoms in total. The van der Waals surface area contributed by atoms with Crippen LogP contribution in [0.1, 0.15) is 73.8 Å². The van der Waals surface area contributed by atoms with Gasteiger partial charge in [-0.25, -0.2) is 24.5 Å². The van der Waals surface area contributed by atoms with Gasteiger partial charge in [-0.15, -0.1) is 0 Å². The summed E-state index contributed by atoms with van der Waals surface area (Å²) >= 11 is 0. The van der Waals surface area contributed by atoms with Crippen LogP contribution in [0.3, 0.4) is 0 Å². The lowest BCUT2D eigenvalue weighted by Crippen LogP contribution is -2.48. The quantitative estimate of drug-likeness (QED) is 0.198. The van der Waals surface area contributed by atoms with Gasteiger partial charge in [0.05, 0.1) is 12.9 Å². The van der Waals surface area contributed by atoms with Crippen LogP contribution in [0.4, 0.5) is 21.1 Å². The number of urea groups is 1. The van der Waals surface area contributed by atoms with Gasteiger partial charge in [-0.05, 0) is 77.1 Å². The number of anilines is 2. The third-order valence-electron chi connectivity index (χ3n) is 8.62. The van der Waals surface area contributed by atoms with Gasteiger partial charge in [-0.2, -0.15) is 0 Å². The van der Waals surface area contributed by atoms with Crippen molar-refractivity contribution in [3.05, 3.63) is 42.5 Å². The van der Waals surface area contributed by atoms with E-state index >= 15 is 0 Å². The molecule has 1 aromatic carbocycles. The summed E-state index contributed by atoms with van der Waals surface area (Å²) in [5, 5.41) is 8.73. The molecule has 3 amide bonds. The van der Waals surface area contributed by atoms with Crippen molar-refractivity contribution in [2.75, 3.05) is 50.4 Å². The molecule has 0 spiro atoms.